The van der Waals surface area contributed by atoms with Crippen molar-refractivity contribution in [2.24, 2.45) is 11.3 Å². The normalized spacial score (nSPS) is 25.8. The van der Waals surface area contributed by atoms with Gasteiger partial charge in [-0.3, -0.25) is 0 Å². The number of esters is 2. The van der Waals surface area contributed by atoms with Crippen molar-refractivity contribution < 1.29 is 54.9 Å². The summed E-state index contributed by atoms with van der Waals surface area (Å²) in [5.74, 6) is -4.07. The zero-order chi connectivity index (χ0) is 35.1. The fourth-order valence-electron chi connectivity index (χ4n) is 7.14. The van der Waals surface area contributed by atoms with Gasteiger partial charge < -0.3 is 18.9 Å². The summed E-state index contributed by atoms with van der Waals surface area (Å²) in [6, 6.07) is 12.6. The van der Waals surface area contributed by atoms with Crippen LogP contribution in [-0.2, 0) is 39.7 Å². The van der Waals surface area contributed by atoms with E-state index in [1.54, 1.807) is 26.8 Å². The van der Waals surface area contributed by atoms with Crippen molar-refractivity contribution in [2.75, 3.05) is 14.2 Å². The van der Waals surface area contributed by atoms with Gasteiger partial charge in [-0.15, -0.1) is 0 Å². The van der Waals surface area contributed by atoms with Crippen LogP contribution in [0.15, 0.2) is 84.5 Å². The van der Waals surface area contributed by atoms with Gasteiger partial charge in [0.25, 0.3) is 11.2 Å². The number of alkyl halides is 6. The number of hydrogen-bond acceptors (Lipinski definition) is 6. The molecule has 0 saturated heterocycles. The van der Waals surface area contributed by atoms with Crippen molar-refractivity contribution in [3.05, 3.63) is 95.6 Å². The van der Waals surface area contributed by atoms with Crippen LogP contribution in [0, 0.1) is 11.3 Å². The highest BCUT2D eigenvalue weighted by Crippen LogP contribution is 2.68. The summed E-state index contributed by atoms with van der Waals surface area (Å²) < 4.78 is 110. The number of halogens is 6. The van der Waals surface area contributed by atoms with E-state index in [0.717, 1.165) is 44.1 Å². The zero-order valence-corrected chi connectivity index (χ0v) is 26.8. The molecule has 0 unspecified atom stereocenters. The average Bonchev–Trinajstić information content (AvgIpc) is 3.00. The van der Waals surface area contributed by atoms with Crippen molar-refractivity contribution in [3.63, 3.8) is 0 Å². The van der Waals surface area contributed by atoms with Crippen LogP contribution in [0.25, 0.3) is 0 Å². The Kier molecular flexibility index (Phi) is 9.83. The average molecular weight is 669 g/mol. The lowest BCUT2D eigenvalue weighted by Crippen LogP contribution is -2.73. The Morgan fingerprint density at radius 3 is 1.74 bits per heavy atom. The van der Waals surface area contributed by atoms with Crippen molar-refractivity contribution >= 4 is 11.9 Å². The minimum Gasteiger partial charge on any atom is -0.459 e. The van der Waals surface area contributed by atoms with Gasteiger partial charge in [-0.05, 0) is 39.0 Å². The Hall–Kier alpha value is -3.64. The van der Waals surface area contributed by atoms with Gasteiger partial charge in [-0.25, -0.2) is 9.59 Å². The van der Waals surface area contributed by atoms with E-state index >= 15 is 0 Å². The van der Waals surface area contributed by atoms with Crippen LogP contribution in [0.4, 0.5) is 26.3 Å². The number of carbonyl (C=O) groups excluding carboxylic acids is 2. The molecule has 0 heterocycles. The number of hydrogen-bond donors (Lipinski definition) is 0. The number of allylic oxidation sites excluding steroid dienone is 2. The number of rotatable bonds is 11. The van der Waals surface area contributed by atoms with E-state index in [1.807, 2.05) is 0 Å². The molecule has 6 nitrogen and oxygen atoms in total. The van der Waals surface area contributed by atoms with Crippen molar-refractivity contribution in [3.8, 4) is 0 Å². The molecule has 2 aromatic carbocycles. The maximum atomic E-state index is 14.8. The van der Waals surface area contributed by atoms with Gasteiger partial charge >= 0.3 is 24.3 Å². The molecule has 0 amide bonds. The second-order valence-electron chi connectivity index (χ2n) is 12.5. The highest BCUT2D eigenvalue weighted by molar-refractivity contribution is 5.84. The van der Waals surface area contributed by atoms with Crippen LogP contribution >= 0.6 is 0 Å². The van der Waals surface area contributed by atoms with Gasteiger partial charge in [-0.2, -0.15) is 26.3 Å². The standard InChI is InChI=1S/C35H38F6O6/c1-22(2)17-18-27(46-28(42)32(44-5,34(36,37)38)24-13-9-7-10-14-24)30(4)26-21-31(30,20-19-23(26)3)47-29(43)33(45-6,35(39,40)41)25-15-11-8-12-16-25/h7-17,26-27H,3,18-21H2,1-2,4-6H3/t26-,27+,30+,31+,32-,33-/m0/s1. The summed E-state index contributed by atoms with van der Waals surface area (Å²) in [6.45, 7) is 9.10. The molecule has 0 aromatic heterocycles. The fourth-order valence-corrected chi connectivity index (χ4v) is 7.14. The first-order valence-electron chi connectivity index (χ1n) is 15.0. The smallest absolute Gasteiger partial charge is 0.432 e. The van der Waals surface area contributed by atoms with Crippen LogP contribution in [0.2, 0.25) is 0 Å². The number of fused-ring (bicyclic) bond motifs is 2. The highest BCUT2D eigenvalue weighted by Gasteiger charge is 2.75. The highest BCUT2D eigenvalue weighted by atomic mass is 19.4. The van der Waals surface area contributed by atoms with E-state index in [2.05, 4.69) is 6.58 Å². The summed E-state index contributed by atoms with van der Waals surface area (Å²) in [4.78, 5) is 27.7. The summed E-state index contributed by atoms with van der Waals surface area (Å²) >= 11 is 0. The largest absolute Gasteiger partial charge is 0.459 e. The Bertz CT molecular complexity index is 1500. The first-order chi connectivity index (χ1) is 21.9. The van der Waals surface area contributed by atoms with Gasteiger partial charge in [0.05, 0.1) is 5.41 Å². The molecule has 6 atom stereocenters. The Balaban J connectivity index is 1.83. The topological polar surface area (TPSA) is 71.1 Å². The molecule has 3 saturated carbocycles. The number of methoxy groups -OCH3 is 2. The minimum atomic E-state index is -5.27. The molecule has 3 fully saturated rings. The lowest BCUT2D eigenvalue weighted by Gasteiger charge is -2.67. The Morgan fingerprint density at radius 1 is 0.872 bits per heavy atom. The number of benzene rings is 2. The molecule has 256 valence electrons. The first kappa shape index (κ1) is 36.2. The predicted octanol–water partition coefficient (Wildman–Crippen LogP) is 8.12. The Morgan fingerprint density at radius 2 is 1.34 bits per heavy atom. The van der Waals surface area contributed by atoms with E-state index in [0.29, 0.717) is 5.57 Å². The lowest BCUT2D eigenvalue weighted by molar-refractivity contribution is -0.312. The molecule has 5 rings (SSSR count). The van der Waals surface area contributed by atoms with Gasteiger partial charge in [0.15, 0.2) is 0 Å². The molecule has 3 aliphatic carbocycles. The molecule has 0 radical (unpaired) electrons. The maximum Gasteiger partial charge on any atom is 0.432 e. The van der Waals surface area contributed by atoms with E-state index in [4.69, 9.17) is 18.9 Å². The van der Waals surface area contributed by atoms with Crippen LogP contribution in [0.1, 0.15) is 57.6 Å². The lowest BCUT2D eigenvalue weighted by atomic mass is 9.41. The van der Waals surface area contributed by atoms with E-state index < -0.39 is 69.7 Å². The zero-order valence-electron chi connectivity index (χ0n) is 26.8. The number of ether oxygens (including phenoxy) is 4. The van der Waals surface area contributed by atoms with Gasteiger partial charge in [0.2, 0.25) is 0 Å². The third kappa shape index (κ3) is 5.67. The Labute approximate surface area is 269 Å². The van der Waals surface area contributed by atoms with Crippen molar-refractivity contribution in [2.45, 2.75) is 81.7 Å². The fraction of sp³-hybridized carbons (Fsp3) is 0.486. The molecular weight excluding hydrogens is 630 g/mol. The van der Waals surface area contributed by atoms with E-state index in [1.165, 1.54) is 36.4 Å². The quantitative estimate of drug-likeness (QED) is 0.137. The second-order valence-corrected chi connectivity index (χ2v) is 12.5. The van der Waals surface area contributed by atoms with E-state index in [9.17, 15) is 35.9 Å². The molecular formula is C35H38F6O6. The monoisotopic (exact) mass is 668 g/mol. The summed E-state index contributed by atoms with van der Waals surface area (Å²) in [5, 5.41) is 0. The molecule has 3 aliphatic rings. The van der Waals surface area contributed by atoms with Gasteiger partial charge in [-0.1, -0.05) is 91.4 Å². The SMILES string of the molecule is C=C1CC[C@@]2(OC(=O)[C@@](OC)(c3ccccc3)C(F)(F)F)C[C@@H]1[C@]2(C)[C@@H](CC=C(C)C)OC(=O)[C@@](OC)(c1ccccc1)C(F)(F)F. The van der Waals surface area contributed by atoms with Gasteiger partial charge in [0, 0.05) is 31.8 Å². The van der Waals surface area contributed by atoms with Crippen LogP contribution in [0.3, 0.4) is 0 Å². The van der Waals surface area contributed by atoms with Crippen LogP contribution < -0.4 is 0 Å². The molecule has 2 aromatic rings. The van der Waals surface area contributed by atoms with Crippen molar-refractivity contribution in [1.82, 2.24) is 0 Å². The molecule has 0 spiro atoms. The summed E-state index contributed by atoms with van der Waals surface area (Å²) in [5.41, 5.74) is -9.85. The maximum absolute atomic E-state index is 14.8. The third-order valence-electron chi connectivity index (χ3n) is 9.87. The van der Waals surface area contributed by atoms with Crippen LogP contribution in [-0.4, -0.2) is 50.2 Å². The van der Waals surface area contributed by atoms with Crippen LogP contribution in [0.5, 0.6) is 0 Å². The number of carbonyl (C=O) groups is 2. The second kappa shape index (κ2) is 12.8. The molecule has 0 N–H and O–H groups in total. The van der Waals surface area contributed by atoms with E-state index in [-0.39, 0.29) is 25.7 Å². The molecule has 12 heteroatoms. The third-order valence-corrected chi connectivity index (χ3v) is 9.87. The van der Waals surface area contributed by atoms with Crippen molar-refractivity contribution in [1.29, 1.82) is 0 Å². The molecule has 0 aliphatic heterocycles. The first-order valence-corrected chi connectivity index (χ1v) is 15.0. The summed E-state index contributed by atoms with van der Waals surface area (Å²) in [6.07, 6.45) is -10.2. The molecule has 47 heavy (non-hydrogen) atoms. The molecule has 2 bridgehead atoms. The summed E-state index contributed by atoms with van der Waals surface area (Å²) in [7, 11) is 1.48. The predicted molar refractivity (Wildman–Crippen MR) is 160 cm³/mol. The van der Waals surface area contributed by atoms with Gasteiger partial charge in [0.1, 0.15) is 11.7 Å². The minimum absolute atomic E-state index is 0.00668.